The summed E-state index contributed by atoms with van der Waals surface area (Å²) < 4.78 is 5.48. The average molecular weight is 403 g/mol. The molecule has 9 nitrogen and oxygen atoms in total. The van der Waals surface area contributed by atoms with Gasteiger partial charge >= 0.3 is 0 Å². The Balaban J connectivity index is 1.62. The number of amides is 2. The van der Waals surface area contributed by atoms with Crippen LogP contribution in [-0.4, -0.2) is 38.6 Å². The molecule has 2 amide bonds. The molecule has 1 atom stereocenters. The first-order valence-electron chi connectivity index (χ1n) is 9.09. The number of nitrogens with zero attached hydrogens (tertiary/aromatic N) is 2. The molecule has 3 aromatic heterocycles. The van der Waals surface area contributed by atoms with Gasteiger partial charge in [-0.05, 0) is 18.2 Å². The number of primary amides is 1. The summed E-state index contributed by atoms with van der Waals surface area (Å²) in [6.07, 6.45) is 4.47. The number of furan rings is 1. The number of nitrogens with one attached hydrogen (secondary N) is 2. The number of para-hydroxylation sites is 1. The molecule has 30 heavy (non-hydrogen) atoms. The molecule has 0 bridgehead atoms. The van der Waals surface area contributed by atoms with Gasteiger partial charge in [0.25, 0.3) is 11.8 Å². The van der Waals surface area contributed by atoms with Gasteiger partial charge in [-0.1, -0.05) is 24.3 Å². The Kier molecular flexibility index (Phi) is 5.08. The molecule has 0 spiro atoms. The largest absolute Gasteiger partial charge is 0.464 e. The van der Waals surface area contributed by atoms with Crippen LogP contribution in [0, 0.1) is 0 Å². The number of fused-ring (bicyclic) bond motifs is 1. The predicted molar refractivity (Wildman–Crippen MR) is 107 cm³/mol. The highest BCUT2D eigenvalue weighted by Gasteiger charge is 2.28. The standard InChI is InChI=1S/C21H17N5O4/c22-20(28)19(27)15(9-12-10-30-16-7-2-1-5-13(12)16)26-21(29)18-17(24-11-25-18)14-6-3-4-8-23-14/h1-8,10-11,15H,9H2,(H2,22,28)(H,24,25)(H,26,29). The molecule has 9 heteroatoms. The van der Waals surface area contributed by atoms with Gasteiger partial charge in [0.15, 0.2) is 0 Å². The number of pyridine rings is 1. The number of benzene rings is 1. The van der Waals surface area contributed by atoms with Crippen LogP contribution in [0.25, 0.3) is 22.4 Å². The van der Waals surface area contributed by atoms with Crippen LogP contribution in [0.1, 0.15) is 16.1 Å². The number of ketones is 1. The molecule has 0 aliphatic heterocycles. The minimum absolute atomic E-state index is 0.0393. The van der Waals surface area contributed by atoms with E-state index >= 15 is 0 Å². The number of hydrogen-bond donors (Lipinski definition) is 3. The van der Waals surface area contributed by atoms with E-state index in [2.05, 4.69) is 20.3 Å². The molecule has 0 fully saturated rings. The Labute approximate surface area is 170 Å². The minimum atomic E-state index is -1.17. The average Bonchev–Trinajstić information content (AvgIpc) is 3.41. The third-order valence-corrected chi connectivity index (χ3v) is 4.62. The van der Waals surface area contributed by atoms with E-state index in [1.165, 1.54) is 12.6 Å². The molecule has 0 saturated carbocycles. The van der Waals surface area contributed by atoms with Gasteiger partial charge in [0, 0.05) is 23.6 Å². The first-order chi connectivity index (χ1) is 14.5. The fraction of sp³-hybridized carbons (Fsp3) is 0.0952. The predicted octanol–water partition coefficient (Wildman–Crippen LogP) is 1.61. The summed E-state index contributed by atoms with van der Waals surface area (Å²) in [5, 5.41) is 3.37. The van der Waals surface area contributed by atoms with E-state index in [9.17, 15) is 14.4 Å². The molecule has 0 saturated heterocycles. The van der Waals surface area contributed by atoms with E-state index in [0.29, 0.717) is 22.5 Å². The van der Waals surface area contributed by atoms with Crippen molar-refractivity contribution in [1.82, 2.24) is 20.3 Å². The van der Waals surface area contributed by atoms with Crippen LogP contribution in [0.4, 0.5) is 0 Å². The van der Waals surface area contributed by atoms with Crippen molar-refractivity contribution in [2.24, 2.45) is 5.73 Å². The lowest BCUT2D eigenvalue weighted by atomic mass is 10.0. The molecule has 1 unspecified atom stereocenters. The molecule has 3 heterocycles. The number of aromatic nitrogens is 3. The molecule has 4 aromatic rings. The van der Waals surface area contributed by atoms with Gasteiger partial charge in [0.05, 0.1) is 18.3 Å². The van der Waals surface area contributed by atoms with E-state index in [4.69, 9.17) is 10.2 Å². The SMILES string of the molecule is NC(=O)C(=O)C(Cc1coc2ccccc12)NC(=O)c1[nH]cnc1-c1ccccn1. The van der Waals surface area contributed by atoms with Crippen LogP contribution in [0.3, 0.4) is 0 Å². The highest BCUT2D eigenvalue weighted by Crippen LogP contribution is 2.23. The second-order valence-electron chi connectivity index (χ2n) is 6.56. The van der Waals surface area contributed by atoms with E-state index in [1.807, 2.05) is 18.2 Å². The number of rotatable bonds is 7. The second kappa shape index (κ2) is 8.00. The highest BCUT2D eigenvalue weighted by molar-refractivity contribution is 6.38. The van der Waals surface area contributed by atoms with Gasteiger partial charge in [-0.25, -0.2) is 4.98 Å². The highest BCUT2D eigenvalue weighted by atomic mass is 16.3. The van der Waals surface area contributed by atoms with Crippen LogP contribution in [0.15, 0.2) is 65.7 Å². The van der Waals surface area contributed by atoms with Crippen LogP contribution in [-0.2, 0) is 16.0 Å². The van der Waals surface area contributed by atoms with Crippen molar-refractivity contribution in [1.29, 1.82) is 0 Å². The number of Topliss-reactive ketones (excluding diaryl/α,β-unsaturated/α-hetero) is 1. The number of carbonyl (C=O) groups is 3. The summed E-state index contributed by atoms with van der Waals surface area (Å²) in [4.78, 5) is 47.9. The topological polar surface area (TPSA) is 144 Å². The van der Waals surface area contributed by atoms with E-state index in [-0.39, 0.29) is 12.1 Å². The molecule has 150 valence electrons. The number of carbonyl (C=O) groups excluding carboxylic acids is 3. The molecule has 0 radical (unpaired) electrons. The Bertz CT molecular complexity index is 1230. The quantitative estimate of drug-likeness (QED) is 0.400. The summed E-state index contributed by atoms with van der Waals surface area (Å²) in [6.45, 7) is 0. The van der Waals surface area contributed by atoms with Gasteiger partial charge in [0.2, 0.25) is 5.78 Å². The monoisotopic (exact) mass is 403 g/mol. The van der Waals surface area contributed by atoms with Gasteiger partial charge in [-0.15, -0.1) is 0 Å². The van der Waals surface area contributed by atoms with Crippen LogP contribution >= 0.6 is 0 Å². The summed E-state index contributed by atoms with van der Waals surface area (Å²) in [5.74, 6) is -2.66. The Morgan fingerprint density at radius 3 is 2.67 bits per heavy atom. The third kappa shape index (κ3) is 3.68. The summed E-state index contributed by atoms with van der Waals surface area (Å²) in [6, 6.07) is 11.3. The molecule has 0 aliphatic rings. The minimum Gasteiger partial charge on any atom is -0.464 e. The maximum atomic E-state index is 12.9. The molecule has 0 aliphatic carbocycles. The summed E-state index contributed by atoms with van der Waals surface area (Å²) in [5.41, 5.74) is 7.43. The lowest BCUT2D eigenvalue weighted by Crippen LogP contribution is -2.47. The normalized spacial score (nSPS) is 11.9. The number of nitrogens with two attached hydrogens (primary N) is 1. The molecule has 4 rings (SSSR count). The van der Waals surface area contributed by atoms with Gasteiger partial charge in [-0.2, -0.15) is 0 Å². The number of imidazole rings is 1. The summed E-state index contributed by atoms with van der Waals surface area (Å²) in [7, 11) is 0. The van der Waals surface area contributed by atoms with Gasteiger partial charge < -0.3 is 20.5 Å². The molecular formula is C21H17N5O4. The fourth-order valence-electron chi connectivity index (χ4n) is 3.19. The van der Waals surface area contributed by atoms with Crippen molar-refractivity contribution >= 4 is 28.6 Å². The number of H-pyrrole nitrogens is 1. The van der Waals surface area contributed by atoms with Crippen LogP contribution in [0.5, 0.6) is 0 Å². The summed E-state index contributed by atoms with van der Waals surface area (Å²) >= 11 is 0. The van der Waals surface area contributed by atoms with Gasteiger partial charge in [0.1, 0.15) is 23.0 Å². The van der Waals surface area contributed by atoms with Crippen LogP contribution in [0.2, 0.25) is 0 Å². The zero-order valence-electron chi connectivity index (χ0n) is 15.7. The smallest absolute Gasteiger partial charge is 0.287 e. The number of aromatic amines is 1. The maximum Gasteiger partial charge on any atom is 0.287 e. The van der Waals surface area contributed by atoms with Gasteiger partial charge in [-0.3, -0.25) is 19.4 Å². The molecule has 4 N–H and O–H groups in total. The maximum absolute atomic E-state index is 12.9. The zero-order chi connectivity index (χ0) is 21.1. The van der Waals surface area contributed by atoms with Crippen molar-refractivity contribution < 1.29 is 18.8 Å². The fourth-order valence-corrected chi connectivity index (χ4v) is 3.19. The Morgan fingerprint density at radius 2 is 1.90 bits per heavy atom. The lowest BCUT2D eigenvalue weighted by molar-refractivity contribution is -0.137. The second-order valence-corrected chi connectivity index (χ2v) is 6.56. The van der Waals surface area contributed by atoms with Crippen molar-refractivity contribution in [3.05, 3.63) is 72.5 Å². The lowest BCUT2D eigenvalue weighted by Gasteiger charge is -2.15. The van der Waals surface area contributed by atoms with Crippen molar-refractivity contribution in [3.63, 3.8) is 0 Å². The third-order valence-electron chi connectivity index (χ3n) is 4.62. The van der Waals surface area contributed by atoms with Crippen molar-refractivity contribution in [2.75, 3.05) is 0 Å². The first-order valence-corrected chi connectivity index (χ1v) is 9.09. The number of hydrogen-bond acceptors (Lipinski definition) is 6. The molecular weight excluding hydrogens is 386 g/mol. The zero-order valence-corrected chi connectivity index (χ0v) is 15.7. The van der Waals surface area contributed by atoms with E-state index in [1.54, 1.807) is 30.5 Å². The molecule has 1 aromatic carbocycles. The van der Waals surface area contributed by atoms with Crippen molar-refractivity contribution in [3.8, 4) is 11.4 Å². The Hall–Kier alpha value is -4.27. The van der Waals surface area contributed by atoms with Crippen molar-refractivity contribution in [2.45, 2.75) is 12.5 Å². The van der Waals surface area contributed by atoms with Crippen LogP contribution < -0.4 is 11.1 Å². The van der Waals surface area contributed by atoms with E-state index < -0.39 is 23.6 Å². The Morgan fingerprint density at radius 1 is 1.10 bits per heavy atom. The van der Waals surface area contributed by atoms with E-state index in [0.717, 1.165) is 5.39 Å². The first kappa shape index (κ1) is 19.1.